The number of carbonyl (C=O) groups excluding carboxylic acids is 1. The molecular formula is C23H32N2O2. The van der Waals surface area contributed by atoms with Crippen LogP contribution in [0.25, 0.3) is 0 Å². The summed E-state index contributed by atoms with van der Waals surface area (Å²) >= 11 is 0. The molecule has 1 atom stereocenters. The Morgan fingerprint density at radius 3 is 2.48 bits per heavy atom. The van der Waals surface area contributed by atoms with Crippen LogP contribution in [0.3, 0.4) is 0 Å². The highest BCUT2D eigenvalue weighted by Gasteiger charge is 2.29. The molecule has 1 aliphatic carbocycles. The molecule has 1 unspecified atom stereocenters. The van der Waals surface area contributed by atoms with E-state index in [0.717, 1.165) is 62.9 Å². The Morgan fingerprint density at radius 2 is 1.85 bits per heavy atom. The van der Waals surface area contributed by atoms with Crippen molar-refractivity contribution in [1.29, 1.82) is 5.26 Å². The molecule has 1 aromatic rings. The second kappa shape index (κ2) is 8.33. The molecule has 27 heavy (non-hydrogen) atoms. The van der Waals surface area contributed by atoms with Crippen LogP contribution < -0.4 is 4.74 Å². The quantitative estimate of drug-likeness (QED) is 0.750. The van der Waals surface area contributed by atoms with Crippen LogP contribution in [0.2, 0.25) is 0 Å². The zero-order valence-electron chi connectivity index (χ0n) is 16.9. The summed E-state index contributed by atoms with van der Waals surface area (Å²) in [5.41, 5.74) is 1.04. The smallest absolute Gasteiger partial charge is 0.253 e. The Hall–Kier alpha value is -2.02. The molecule has 0 spiro atoms. The second-order valence-electron chi connectivity index (χ2n) is 9.22. The number of carbonyl (C=O) groups is 1. The van der Waals surface area contributed by atoms with Crippen molar-refractivity contribution < 1.29 is 9.53 Å². The third kappa shape index (κ3) is 5.25. The fourth-order valence-electron chi connectivity index (χ4n) is 4.56. The van der Waals surface area contributed by atoms with E-state index in [-0.39, 0.29) is 17.9 Å². The van der Waals surface area contributed by atoms with Crippen LogP contribution in [-0.4, -0.2) is 30.0 Å². The van der Waals surface area contributed by atoms with Crippen molar-refractivity contribution in [2.45, 2.75) is 65.4 Å². The molecule has 0 aromatic heterocycles. The van der Waals surface area contributed by atoms with E-state index >= 15 is 0 Å². The number of nitriles is 1. The van der Waals surface area contributed by atoms with Crippen molar-refractivity contribution in [2.24, 2.45) is 17.3 Å². The molecule has 1 saturated heterocycles. The van der Waals surface area contributed by atoms with Crippen LogP contribution >= 0.6 is 0 Å². The number of hydrogen-bond acceptors (Lipinski definition) is 3. The summed E-state index contributed by atoms with van der Waals surface area (Å²) in [6.45, 7) is 8.51. The average molecular weight is 369 g/mol. The average Bonchev–Trinajstić information content (AvgIpc) is 2.79. The van der Waals surface area contributed by atoms with Crippen LogP contribution in [0.15, 0.2) is 24.3 Å². The fourth-order valence-corrected chi connectivity index (χ4v) is 4.56. The molecule has 4 heteroatoms. The van der Waals surface area contributed by atoms with E-state index in [1.165, 1.54) is 0 Å². The highest BCUT2D eigenvalue weighted by molar-refractivity contribution is 5.94. The first-order valence-corrected chi connectivity index (χ1v) is 10.3. The molecule has 1 saturated carbocycles. The van der Waals surface area contributed by atoms with Crippen LogP contribution in [0.1, 0.15) is 69.7 Å². The van der Waals surface area contributed by atoms with Crippen molar-refractivity contribution >= 4 is 5.91 Å². The monoisotopic (exact) mass is 368 g/mol. The maximum Gasteiger partial charge on any atom is 0.253 e. The van der Waals surface area contributed by atoms with Gasteiger partial charge in [0.05, 0.1) is 12.2 Å². The number of amides is 1. The largest absolute Gasteiger partial charge is 0.490 e. The fraction of sp³-hybridized carbons (Fsp3) is 0.652. The molecule has 1 amide bonds. The summed E-state index contributed by atoms with van der Waals surface area (Å²) in [4.78, 5) is 14.9. The zero-order valence-corrected chi connectivity index (χ0v) is 16.9. The van der Waals surface area contributed by atoms with Gasteiger partial charge in [-0.1, -0.05) is 20.8 Å². The van der Waals surface area contributed by atoms with Crippen molar-refractivity contribution in [3.8, 4) is 11.8 Å². The summed E-state index contributed by atoms with van der Waals surface area (Å²) in [7, 11) is 0. The molecular weight excluding hydrogens is 336 g/mol. The maximum absolute atomic E-state index is 12.9. The molecule has 0 bridgehead atoms. The molecule has 0 N–H and O–H groups in total. The van der Waals surface area contributed by atoms with E-state index in [1.807, 2.05) is 29.2 Å². The standard InChI is InChI=1S/C23H32N2O2/c1-17-14-23(2,3)12-13-25(16-17)22(26)19-6-10-21(11-7-19)27-20-8-4-18(15-24)5-9-20/h6-7,10-11,17-18,20H,4-5,8-9,12-14,16H2,1-3H3. The maximum atomic E-state index is 12.9. The van der Waals surface area contributed by atoms with Gasteiger partial charge in [0.2, 0.25) is 0 Å². The third-order valence-corrected chi connectivity index (χ3v) is 6.04. The van der Waals surface area contributed by atoms with Gasteiger partial charge in [-0.25, -0.2) is 0 Å². The van der Waals surface area contributed by atoms with Crippen molar-refractivity contribution in [3.63, 3.8) is 0 Å². The molecule has 3 rings (SSSR count). The topological polar surface area (TPSA) is 53.3 Å². The normalized spacial score (nSPS) is 28.1. The van der Waals surface area contributed by atoms with E-state index in [4.69, 9.17) is 10.00 Å². The number of likely N-dealkylation sites (tertiary alicyclic amines) is 1. The molecule has 2 aliphatic rings. The Morgan fingerprint density at radius 1 is 1.19 bits per heavy atom. The van der Waals surface area contributed by atoms with Gasteiger partial charge in [0, 0.05) is 24.6 Å². The van der Waals surface area contributed by atoms with Crippen LogP contribution in [-0.2, 0) is 0 Å². The van der Waals surface area contributed by atoms with E-state index in [0.29, 0.717) is 11.3 Å². The summed E-state index contributed by atoms with van der Waals surface area (Å²) < 4.78 is 6.06. The minimum absolute atomic E-state index is 0.126. The lowest BCUT2D eigenvalue weighted by atomic mass is 9.82. The number of hydrogen-bond donors (Lipinski definition) is 0. The van der Waals surface area contributed by atoms with Crippen LogP contribution in [0.5, 0.6) is 5.75 Å². The SMILES string of the molecule is CC1CN(C(=O)c2ccc(OC3CCC(C#N)CC3)cc2)CCC(C)(C)C1. The molecule has 1 aliphatic heterocycles. The van der Waals surface area contributed by atoms with Gasteiger partial charge in [0.1, 0.15) is 5.75 Å². The number of benzene rings is 1. The molecule has 2 fully saturated rings. The number of rotatable bonds is 3. The predicted molar refractivity (Wildman–Crippen MR) is 107 cm³/mol. The molecule has 146 valence electrons. The van der Waals surface area contributed by atoms with Gasteiger partial charge in [-0.15, -0.1) is 0 Å². The van der Waals surface area contributed by atoms with Crippen molar-refractivity contribution in [3.05, 3.63) is 29.8 Å². The van der Waals surface area contributed by atoms with Gasteiger partial charge in [-0.05, 0) is 74.1 Å². The van der Waals surface area contributed by atoms with Gasteiger partial charge in [-0.3, -0.25) is 4.79 Å². The van der Waals surface area contributed by atoms with Gasteiger partial charge < -0.3 is 9.64 Å². The van der Waals surface area contributed by atoms with Crippen molar-refractivity contribution in [2.75, 3.05) is 13.1 Å². The molecule has 1 heterocycles. The molecule has 1 aromatic carbocycles. The first-order valence-electron chi connectivity index (χ1n) is 10.3. The Balaban J connectivity index is 1.58. The van der Waals surface area contributed by atoms with Gasteiger partial charge in [-0.2, -0.15) is 5.26 Å². The Labute approximate surface area is 163 Å². The highest BCUT2D eigenvalue weighted by Crippen LogP contribution is 2.33. The van der Waals surface area contributed by atoms with Gasteiger partial charge >= 0.3 is 0 Å². The van der Waals surface area contributed by atoms with E-state index < -0.39 is 0 Å². The van der Waals surface area contributed by atoms with Gasteiger partial charge in [0.15, 0.2) is 0 Å². The zero-order chi connectivity index (χ0) is 19.4. The lowest BCUT2D eigenvalue weighted by molar-refractivity contribution is 0.0743. The number of ether oxygens (including phenoxy) is 1. The first kappa shape index (κ1) is 19.7. The summed E-state index contributed by atoms with van der Waals surface area (Å²) in [5, 5.41) is 8.99. The lowest BCUT2D eigenvalue weighted by Gasteiger charge is -2.26. The van der Waals surface area contributed by atoms with E-state index in [1.54, 1.807) is 0 Å². The highest BCUT2D eigenvalue weighted by atomic mass is 16.5. The molecule has 4 nitrogen and oxygen atoms in total. The van der Waals surface area contributed by atoms with E-state index in [2.05, 4.69) is 26.8 Å². The second-order valence-corrected chi connectivity index (χ2v) is 9.22. The summed E-state index contributed by atoms with van der Waals surface area (Å²) in [6.07, 6.45) is 6.10. The Bertz CT molecular complexity index is 681. The lowest BCUT2D eigenvalue weighted by Crippen LogP contribution is -2.34. The summed E-state index contributed by atoms with van der Waals surface area (Å²) in [6, 6.07) is 9.95. The third-order valence-electron chi connectivity index (χ3n) is 6.04. The van der Waals surface area contributed by atoms with Gasteiger partial charge in [0.25, 0.3) is 5.91 Å². The summed E-state index contributed by atoms with van der Waals surface area (Å²) in [5.74, 6) is 1.65. The first-order chi connectivity index (χ1) is 12.9. The van der Waals surface area contributed by atoms with Crippen LogP contribution in [0.4, 0.5) is 0 Å². The van der Waals surface area contributed by atoms with Crippen molar-refractivity contribution in [1.82, 2.24) is 4.90 Å². The predicted octanol–water partition coefficient (Wildman–Crippen LogP) is 5.05. The number of nitrogens with zero attached hydrogens (tertiary/aromatic N) is 2. The van der Waals surface area contributed by atoms with Crippen LogP contribution in [0, 0.1) is 28.6 Å². The molecule has 0 radical (unpaired) electrons. The Kier molecular flexibility index (Phi) is 6.09. The minimum Gasteiger partial charge on any atom is -0.490 e. The van der Waals surface area contributed by atoms with E-state index in [9.17, 15) is 4.79 Å². The minimum atomic E-state index is 0.126.